The van der Waals surface area contributed by atoms with Crippen LogP contribution in [-0.2, 0) is 4.79 Å². The van der Waals surface area contributed by atoms with Crippen molar-refractivity contribution in [2.24, 2.45) is 0 Å². The predicted molar refractivity (Wildman–Crippen MR) is 86.4 cm³/mol. The van der Waals surface area contributed by atoms with Gasteiger partial charge in [0, 0.05) is 10.0 Å². The molecule has 6 nitrogen and oxygen atoms in total. The summed E-state index contributed by atoms with van der Waals surface area (Å²) in [6, 6.07) is 15.1. The topological polar surface area (TPSA) is 91.2 Å². The van der Waals surface area contributed by atoms with E-state index in [1.807, 2.05) is 6.07 Å². The van der Waals surface area contributed by atoms with Crippen LogP contribution >= 0.6 is 15.9 Å². The van der Waals surface area contributed by atoms with Crippen molar-refractivity contribution in [1.29, 1.82) is 5.26 Å². The van der Waals surface area contributed by atoms with Crippen LogP contribution in [0.5, 0.6) is 5.75 Å². The number of nitrogens with zero attached hydrogens (tertiary/aromatic N) is 1. The van der Waals surface area contributed by atoms with Crippen molar-refractivity contribution in [3.63, 3.8) is 0 Å². The number of hydrogen-bond acceptors (Lipinski definition) is 4. The highest BCUT2D eigenvalue weighted by molar-refractivity contribution is 9.10. The lowest BCUT2D eigenvalue weighted by Crippen LogP contribution is -2.43. The average Bonchev–Trinajstić information content (AvgIpc) is 2.58. The highest BCUT2D eigenvalue weighted by Gasteiger charge is 2.08. The second-order valence-corrected chi connectivity index (χ2v) is 5.35. The van der Waals surface area contributed by atoms with Crippen LogP contribution in [0.25, 0.3) is 0 Å². The Hall–Kier alpha value is -2.85. The van der Waals surface area contributed by atoms with E-state index >= 15 is 0 Å². The van der Waals surface area contributed by atoms with Crippen molar-refractivity contribution in [2.75, 3.05) is 6.61 Å². The van der Waals surface area contributed by atoms with E-state index < -0.39 is 11.8 Å². The van der Waals surface area contributed by atoms with Gasteiger partial charge in [-0.25, -0.2) is 0 Å². The molecule has 2 aromatic rings. The van der Waals surface area contributed by atoms with Crippen LogP contribution in [0.15, 0.2) is 53.0 Å². The van der Waals surface area contributed by atoms with Gasteiger partial charge in [-0.3, -0.25) is 20.4 Å². The van der Waals surface area contributed by atoms with Gasteiger partial charge in [-0.2, -0.15) is 5.26 Å². The monoisotopic (exact) mass is 373 g/mol. The van der Waals surface area contributed by atoms with Crippen molar-refractivity contribution in [3.05, 3.63) is 64.1 Å². The molecule has 2 N–H and O–H groups in total. The SMILES string of the molecule is N#Cc1ccc(OCC(=O)NNC(=O)c2cccc(Br)c2)cc1. The summed E-state index contributed by atoms with van der Waals surface area (Å²) in [6.07, 6.45) is 0. The Morgan fingerprint density at radius 2 is 1.87 bits per heavy atom. The first kappa shape index (κ1) is 16.5. The average molecular weight is 374 g/mol. The molecule has 0 aliphatic rings. The predicted octanol–water partition coefficient (Wildman–Crippen LogP) is 2.16. The zero-order valence-electron chi connectivity index (χ0n) is 11.9. The van der Waals surface area contributed by atoms with Crippen molar-refractivity contribution in [3.8, 4) is 11.8 Å². The van der Waals surface area contributed by atoms with Crippen LogP contribution in [0.3, 0.4) is 0 Å². The van der Waals surface area contributed by atoms with Crippen LogP contribution < -0.4 is 15.6 Å². The zero-order valence-corrected chi connectivity index (χ0v) is 13.5. The summed E-state index contributed by atoms with van der Waals surface area (Å²) < 4.78 is 6.01. The van der Waals surface area contributed by atoms with Crippen LogP contribution in [0, 0.1) is 11.3 Å². The van der Waals surface area contributed by atoms with E-state index in [9.17, 15) is 9.59 Å². The highest BCUT2D eigenvalue weighted by atomic mass is 79.9. The van der Waals surface area contributed by atoms with E-state index in [-0.39, 0.29) is 6.61 Å². The molecule has 2 aromatic carbocycles. The van der Waals surface area contributed by atoms with Crippen molar-refractivity contribution in [1.82, 2.24) is 10.9 Å². The van der Waals surface area contributed by atoms with Gasteiger partial charge in [-0.15, -0.1) is 0 Å². The fourth-order valence-corrected chi connectivity index (χ4v) is 2.04. The first-order valence-electron chi connectivity index (χ1n) is 6.56. The molecule has 0 aliphatic carbocycles. The van der Waals surface area contributed by atoms with Gasteiger partial charge in [0.1, 0.15) is 5.75 Å². The van der Waals surface area contributed by atoms with E-state index in [2.05, 4.69) is 26.8 Å². The summed E-state index contributed by atoms with van der Waals surface area (Å²) in [6.45, 7) is -0.259. The van der Waals surface area contributed by atoms with Crippen LogP contribution in [0.4, 0.5) is 0 Å². The molecule has 0 bridgehead atoms. The highest BCUT2D eigenvalue weighted by Crippen LogP contribution is 2.12. The third-order valence-corrected chi connectivity index (χ3v) is 3.25. The molecule has 0 spiro atoms. The van der Waals surface area contributed by atoms with Gasteiger partial charge < -0.3 is 4.74 Å². The molecule has 0 saturated heterocycles. The fourth-order valence-electron chi connectivity index (χ4n) is 1.64. The van der Waals surface area contributed by atoms with Gasteiger partial charge in [0.25, 0.3) is 11.8 Å². The minimum atomic E-state index is -0.502. The van der Waals surface area contributed by atoms with E-state index in [0.29, 0.717) is 16.9 Å². The van der Waals surface area contributed by atoms with Crippen LogP contribution in [0.1, 0.15) is 15.9 Å². The number of rotatable bonds is 4. The normalized spacial score (nSPS) is 9.57. The minimum Gasteiger partial charge on any atom is -0.484 e. The largest absolute Gasteiger partial charge is 0.484 e. The zero-order chi connectivity index (χ0) is 16.7. The fraction of sp³-hybridized carbons (Fsp3) is 0.0625. The number of hydrazine groups is 1. The molecule has 2 amide bonds. The Morgan fingerprint density at radius 1 is 1.13 bits per heavy atom. The lowest BCUT2D eigenvalue weighted by Gasteiger charge is -2.09. The molecule has 2 rings (SSSR count). The molecular formula is C16H12BrN3O3. The number of ether oxygens (including phenoxy) is 1. The van der Waals surface area contributed by atoms with E-state index in [4.69, 9.17) is 10.00 Å². The molecule has 7 heteroatoms. The van der Waals surface area contributed by atoms with Gasteiger partial charge in [-0.1, -0.05) is 22.0 Å². The maximum Gasteiger partial charge on any atom is 0.276 e. The molecule has 0 heterocycles. The van der Waals surface area contributed by atoms with Crippen molar-refractivity contribution < 1.29 is 14.3 Å². The molecule has 0 saturated carbocycles. The van der Waals surface area contributed by atoms with E-state index in [1.54, 1.807) is 48.5 Å². The van der Waals surface area contributed by atoms with Gasteiger partial charge in [0.05, 0.1) is 11.6 Å². The Bertz CT molecular complexity index is 754. The number of nitrogens with one attached hydrogen (secondary N) is 2. The van der Waals surface area contributed by atoms with Crippen molar-refractivity contribution in [2.45, 2.75) is 0 Å². The Labute approximate surface area is 141 Å². The van der Waals surface area contributed by atoms with Gasteiger partial charge >= 0.3 is 0 Å². The number of nitriles is 1. The summed E-state index contributed by atoms with van der Waals surface area (Å²) in [5.74, 6) is -0.479. The summed E-state index contributed by atoms with van der Waals surface area (Å²) in [4.78, 5) is 23.5. The molecule has 0 atom stereocenters. The smallest absolute Gasteiger partial charge is 0.276 e. The van der Waals surface area contributed by atoms with E-state index in [1.165, 1.54) is 0 Å². The quantitative estimate of drug-likeness (QED) is 0.803. The number of carbonyl (C=O) groups is 2. The molecule has 0 radical (unpaired) electrons. The van der Waals surface area contributed by atoms with Crippen molar-refractivity contribution >= 4 is 27.7 Å². The summed E-state index contributed by atoms with van der Waals surface area (Å²) >= 11 is 3.26. The molecule has 0 aliphatic heterocycles. The van der Waals surface area contributed by atoms with Gasteiger partial charge in [0.15, 0.2) is 6.61 Å². The number of halogens is 1. The second kappa shape index (κ2) is 7.96. The molecule has 116 valence electrons. The molecule has 0 unspecified atom stereocenters. The molecule has 23 heavy (non-hydrogen) atoms. The van der Waals surface area contributed by atoms with Gasteiger partial charge in [-0.05, 0) is 42.5 Å². The maximum absolute atomic E-state index is 11.8. The Kier molecular flexibility index (Phi) is 5.72. The maximum atomic E-state index is 11.8. The third kappa shape index (κ3) is 5.13. The first-order chi connectivity index (χ1) is 11.1. The summed E-state index contributed by atoms with van der Waals surface area (Å²) in [5.41, 5.74) is 5.47. The first-order valence-corrected chi connectivity index (χ1v) is 7.35. The molecular weight excluding hydrogens is 362 g/mol. The standard InChI is InChI=1S/C16H12BrN3O3/c17-13-3-1-2-12(8-13)16(22)20-19-15(21)10-23-14-6-4-11(9-18)5-7-14/h1-8H,10H2,(H,19,21)(H,20,22). The number of hydrogen-bond donors (Lipinski definition) is 2. The minimum absolute atomic E-state index is 0.259. The summed E-state index contributed by atoms with van der Waals surface area (Å²) in [5, 5.41) is 8.68. The Balaban J connectivity index is 1.78. The lowest BCUT2D eigenvalue weighted by molar-refractivity contribution is -0.123. The molecule has 0 fully saturated rings. The third-order valence-electron chi connectivity index (χ3n) is 2.76. The van der Waals surface area contributed by atoms with Gasteiger partial charge in [0.2, 0.25) is 0 Å². The van der Waals surface area contributed by atoms with Crippen LogP contribution in [0.2, 0.25) is 0 Å². The summed E-state index contributed by atoms with van der Waals surface area (Å²) in [7, 11) is 0. The Morgan fingerprint density at radius 3 is 2.52 bits per heavy atom. The van der Waals surface area contributed by atoms with E-state index in [0.717, 1.165) is 4.47 Å². The number of benzene rings is 2. The van der Waals surface area contributed by atoms with Crippen LogP contribution in [-0.4, -0.2) is 18.4 Å². The number of amides is 2. The lowest BCUT2D eigenvalue weighted by atomic mass is 10.2. The second-order valence-electron chi connectivity index (χ2n) is 4.44. The number of carbonyl (C=O) groups excluding carboxylic acids is 2. The molecule has 0 aromatic heterocycles.